The zero-order chi connectivity index (χ0) is 14.3. The molecule has 0 N–H and O–H groups in total. The number of amides is 2. The average Bonchev–Trinajstić information content (AvgIpc) is 3.24. The van der Waals surface area contributed by atoms with E-state index in [0.29, 0.717) is 23.7 Å². The predicted octanol–water partition coefficient (Wildman–Crippen LogP) is 2.55. The summed E-state index contributed by atoms with van der Waals surface area (Å²) in [5.41, 5.74) is 1.82. The van der Waals surface area contributed by atoms with Crippen LogP contribution in [0.1, 0.15) is 12.0 Å². The molecule has 0 spiro atoms. The van der Waals surface area contributed by atoms with Gasteiger partial charge in [-0.1, -0.05) is 24.3 Å². The van der Waals surface area contributed by atoms with Gasteiger partial charge in [-0.05, 0) is 54.7 Å². The summed E-state index contributed by atoms with van der Waals surface area (Å²) in [6.07, 6.45) is 5.64. The number of aryl methyl sites for hydroxylation is 1. The van der Waals surface area contributed by atoms with E-state index in [1.165, 1.54) is 11.3 Å². The number of hydrogen-bond donors (Lipinski definition) is 0. The highest BCUT2D eigenvalue weighted by molar-refractivity contribution is 6.22. The van der Waals surface area contributed by atoms with Gasteiger partial charge in [0.05, 0.1) is 17.5 Å². The first-order chi connectivity index (χ1) is 10.2. The molecule has 1 heterocycles. The summed E-state index contributed by atoms with van der Waals surface area (Å²) in [5.74, 6) is 1.78. The first kappa shape index (κ1) is 11.7. The molecule has 2 saturated carbocycles. The van der Waals surface area contributed by atoms with E-state index in [-0.39, 0.29) is 23.7 Å². The van der Waals surface area contributed by atoms with Crippen molar-refractivity contribution in [1.82, 2.24) is 0 Å². The molecule has 5 aliphatic rings. The number of hydrogen-bond acceptors (Lipinski definition) is 2. The average molecular weight is 279 g/mol. The normalized spacial score (nSPS) is 42.2. The van der Waals surface area contributed by atoms with E-state index in [1.807, 2.05) is 31.2 Å². The summed E-state index contributed by atoms with van der Waals surface area (Å²) in [5, 5.41) is 0. The maximum Gasteiger partial charge on any atom is 0.238 e. The molecule has 0 unspecified atom stereocenters. The van der Waals surface area contributed by atoms with Crippen LogP contribution in [0.5, 0.6) is 0 Å². The molecule has 1 aromatic carbocycles. The van der Waals surface area contributed by atoms with Crippen LogP contribution < -0.4 is 4.90 Å². The van der Waals surface area contributed by atoms with Gasteiger partial charge >= 0.3 is 0 Å². The Hall–Kier alpha value is -1.90. The Morgan fingerprint density at radius 1 is 1.00 bits per heavy atom. The quantitative estimate of drug-likeness (QED) is 0.585. The van der Waals surface area contributed by atoms with Crippen molar-refractivity contribution in [2.75, 3.05) is 4.90 Å². The van der Waals surface area contributed by atoms with Crippen molar-refractivity contribution in [2.24, 2.45) is 35.5 Å². The van der Waals surface area contributed by atoms with Crippen LogP contribution >= 0.6 is 0 Å². The number of rotatable bonds is 1. The van der Waals surface area contributed by atoms with Gasteiger partial charge in [0.15, 0.2) is 0 Å². The number of carbonyl (C=O) groups excluding carboxylic acids is 2. The lowest BCUT2D eigenvalue weighted by Gasteiger charge is -2.37. The highest BCUT2D eigenvalue weighted by atomic mass is 16.2. The molecule has 1 aromatic rings. The maximum atomic E-state index is 12.9. The van der Waals surface area contributed by atoms with Crippen LogP contribution in [0, 0.1) is 42.4 Å². The molecule has 6 rings (SSSR count). The maximum absolute atomic E-state index is 12.9. The molecule has 1 aliphatic heterocycles. The Kier molecular flexibility index (Phi) is 2.04. The van der Waals surface area contributed by atoms with Crippen LogP contribution in [-0.4, -0.2) is 11.8 Å². The molecule has 2 bridgehead atoms. The van der Waals surface area contributed by atoms with Crippen molar-refractivity contribution in [3.63, 3.8) is 0 Å². The topological polar surface area (TPSA) is 37.4 Å². The third-order valence-corrected chi connectivity index (χ3v) is 5.92. The second kappa shape index (κ2) is 3.65. The van der Waals surface area contributed by atoms with Crippen LogP contribution in [0.3, 0.4) is 0 Å². The molecule has 106 valence electrons. The van der Waals surface area contributed by atoms with E-state index < -0.39 is 0 Å². The molecule has 2 amide bonds. The first-order valence-corrected chi connectivity index (χ1v) is 7.79. The van der Waals surface area contributed by atoms with Crippen molar-refractivity contribution in [2.45, 2.75) is 13.3 Å². The fraction of sp³-hybridized carbons (Fsp3) is 0.444. The number of imide groups is 1. The third-order valence-electron chi connectivity index (χ3n) is 5.92. The van der Waals surface area contributed by atoms with Crippen LogP contribution in [0.2, 0.25) is 0 Å². The summed E-state index contributed by atoms with van der Waals surface area (Å²) in [4.78, 5) is 27.2. The van der Waals surface area contributed by atoms with Gasteiger partial charge in [0.25, 0.3) is 0 Å². The molecule has 3 fully saturated rings. The highest BCUT2D eigenvalue weighted by Crippen LogP contribution is 2.65. The molecule has 1 saturated heterocycles. The van der Waals surface area contributed by atoms with Gasteiger partial charge in [0.1, 0.15) is 0 Å². The van der Waals surface area contributed by atoms with Crippen molar-refractivity contribution in [3.05, 3.63) is 42.0 Å². The molecule has 21 heavy (non-hydrogen) atoms. The summed E-state index contributed by atoms with van der Waals surface area (Å²) < 4.78 is 0. The van der Waals surface area contributed by atoms with Crippen LogP contribution in [-0.2, 0) is 9.59 Å². The first-order valence-electron chi connectivity index (χ1n) is 7.79. The minimum absolute atomic E-state index is 0.0281. The van der Waals surface area contributed by atoms with E-state index in [1.54, 1.807) is 0 Å². The van der Waals surface area contributed by atoms with E-state index in [9.17, 15) is 9.59 Å². The van der Waals surface area contributed by atoms with Crippen LogP contribution in [0.15, 0.2) is 36.4 Å². The van der Waals surface area contributed by atoms with Gasteiger partial charge in [-0.3, -0.25) is 14.5 Å². The van der Waals surface area contributed by atoms with Crippen molar-refractivity contribution < 1.29 is 9.59 Å². The van der Waals surface area contributed by atoms with Gasteiger partial charge in [-0.25, -0.2) is 0 Å². The lowest BCUT2D eigenvalue weighted by molar-refractivity contribution is -0.124. The summed E-state index contributed by atoms with van der Waals surface area (Å²) in [6.45, 7) is 1.99. The number of benzene rings is 1. The van der Waals surface area contributed by atoms with E-state index in [2.05, 4.69) is 12.2 Å². The smallest absolute Gasteiger partial charge is 0.238 e. The third kappa shape index (κ3) is 1.34. The lowest BCUT2D eigenvalue weighted by atomic mass is 9.63. The summed E-state index contributed by atoms with van der Waals surface area (Å²) >= 11 is 0. The second-order valence-electron chi connectivity index (χ2n) is 7.01. The zero-order valence-electron chi connectivity index (χ0n) is 11.9. The molecule has 6 atom stereocenters. The van der Waals surface area contributed by atoms with Gasteiger partial charge < -0.3 is 0 Å². The Morgan fingerprint density at radius 2 is 1.62 bits per heavy atom. The predicted molar refractivity (Wildman–Crippen MR) is 78.4 cm³/mol. The van der Waals surface area contributed by atoms with Gasteiger partial charge in [-0.2, -0.15) is 0 Å². The number of anilines is 1. The van der Waals surface area contributed by atoms with Gasteiger partial charge in [-0.15, -0.1) is 0 Å². The number of allylic oxidation sites excluding steroid dienone is 2. The fourth-order valence-corrected chi connectivity index (χ4v) is 4.98. The Bertz CT molecular complexity index is 671. The second-order valence-corrected chi connectivity index (χ2v) is 7.01. The lowest BCUT2D eigenvalue weighted by Crippen LogP contribution is -2.40. The molecular formula is C18H17NO2. The summed E-state index contributed by atoms with van der Waals surface area (Å²) in [7, 11) is 0. The zero-order valence-corrected chi connectivity index (χ0v) is 11.9. The van der Waals surface area contributed by atoms with Crippen LogP contribution in [0.25, 0.3) is 0 Å². The SMILES string of the molecule is Cc1cccc(N2C(=O)[C@@H]3[C@H]4C=C[C@@H]([C@@H]5C[C@H]45)[C@@H]3C2=O)c1. The molecular weight excluding hydrogens is 262 g/mol. The van der Waals surface area contributed by atoms with Crippen molar-refractivity contribution in [3.8, 4) is 0 Å². The molecule has 4 aliphatic carbocycles. The molecule has 3 nitrogen and oxygen atoms in total. The standard InChI is InChI=1S/C18H17NO2/c1-9-3-2-4-10(7-9)19-17(20)15-11-5-6-12(14-8-13(11)14)16(15)18(19)21/h2-7,11-16H,8H2,1H3/t11-,12-,13-,14+,15-,16+/m0/s1. The van der Waals surface area contributed by atoms with Crippen molar-refractivity contribution >= 4 is 17.5 Å². The van der Waals surface area contributed by atoms with Crippen LogP contribution in [0.4, 0.5) is 5.69 Å². The fourth-order valence-electron chi connectivity index (χ4n) is 4.98. The Balaban J connectivity index is 1.60. The monoisotopic (exact) mass is 279 g/mol. The summed E-state index contributed by atoms with van der Waals surface area (Å²) in [6, 6.07) is 7.71. The number of nitrogens with zero attached hydrogens (tertiary/aromatic N) is 1. The van der Waals surface area contributed by atoms with Gasteiger partial charge in [0.2, 0.25) is 11.8 Å². The molecule has 0 radical (unpaired) electrons. The van der Waals surface area contributed by atoms with E-state index in [4.69, 9.17) is 0 Å². The highest BCUT2D eigenvalue weighted by Gasteiger charge is 2.67. The van der Waals surface area contributed by atoms with Gasteiger partial charge in [0, 0.05) is 0 Å². The van der Waals surface area contributed by atoms with E-state index >= 15 is 0 Å². The van der Waals surface area contributed by atoms with E-state index in [0.717, 1.165) is 11.3 Å². The minimum Gasteiger partial charge on any atom is -0.274 e. The van der Waals surface area contributed by atoms with Crippen molar-refractivity contribution in [1.29, 1.82) is 0 Å². The Labute approximate surface area is 123 Å². The molecule has 3 heteroatoms. The molecule has 0 aromatic heterocycles. The Morgan fingerprint density at radius 3 is 2.19 bits per heavy atom. The minimum atomic E-state index is -0.100. The number of carbonyl (C=O) groups is 2. The largest absolute Gasteiger partial charge is 0.274 e.